The van der Waals surface area contributed by atoms with Gasteiger partial charge in [0.2, 0.25) is 11.8 Å². The first-order valence-corrected chi connectivity index (χ1v) is 11.5. The van der Waals surface area contributed by atoms with Gasteiger partial charge in [0.1, 0.15) is 0 Å². The van der Waals surface area contributed by atoms with E-state index in [4.69, 9.17) is 0 Å². The summed E-state index contributed by atoms with van der Waals surface area (Å²) >= 11 is 1.78. The van der Waals surface area contributed by atoms with E-state index in [1.165, 1.54) is 34.4 Å². The van der Waals surface area contributed by atoms with Crippen molar-refractivity contribution in [3.8, 4) is 0 Å². The van der Waals surface area contributed by atoms with Crippen LogP contribution in [0.5, 0.6) is 0 Å². The van der Waals surface area contributed by atoms with Crippen LogP contribution in [0.4, 0.5) is 0 Å². The molecule has 5 heteroatoms. The van der Waals surface area contributed by atoms with E-state index in [1.54, 1.807) is 11.3 Å². The summed E-state index contributed by atoms with van der Waals surface area (Å²) in [6.07, 6.45) is 3.23. The molecule has 1 aliphatic carbocycles. The molecule has 1 saturated carbocycles. The lowest BCUT2D eigenvalue weighted by Gasteiger charge is -2.38. The van der Waals surface area contributed by atoms with Crippen LogP contribution in [0.15, 0.2) is 35.7 Å². The molecule has 1 aromatic carbocycles. The number of rotatable bonds is 6. The van der Waals surface area contributed by atoms with Crippen molar-refractivity contribution in [3.05, 3.63) is 57.3 Å². The topological polar surface area (TPSA) is 40.6 Å². The maximum Gasteiger partial charge on any atom is 0.242 e. The van der Waals surface area contributed by atoms with Crippen molar-refractivity contribution in [3.63, 3.8) is 0 Å². The number of amides is 2. The lowest BCUT2D eigenvalue weighted by Crippen LogP contribution is -2.48. The number of hydrogen-bond acceptors (Lipinski definition) is 3. The largest absolute Gasteiger partial charge is 0.333 e. The Morgan fingerprint density at radius 1 is 1.17 bits per heavy atom. The van der Waals surface area contributed by atoms with Crippen molar-refractivity contribution >= 4 is 23.2 Å². The smallest absolute Gasteiger partial charge is 0.242 e. The second kappa shape index (κ2) is 8.31. The van der Waals surface area contributed by atoms with Crippen LogP contribution in [0.3, 0.4) is 0 Å². The van der Waals surface area contributed by atoms with Crippen LogP contribution in [-0.2, 0) is 16.0 Å². The van der Waals surface area contributed by atoms with Gasteiger partial charge in [0.15, 0.2) is 0 Å². The van der Waals surface area contributed by atoms with E-state index < -0.39 is 0 Å². The van der Waals surface area contributed by atoms with E-state index in [0.717, 1.165) is 13.0 Å². The number of benzene rings is 1. The first-order chi connectivity index (χ1) is 14.0. The Kier molecular flexibility index (Phi) is 5.77. The lowest BCUT2D eigenvalue weighted by atomic mass is 9.90. The van der Waals surface area contributed by atoms with Gasteiger partial charge < -0.3 is 9.80 Å². The van der Waals surface area contributed by atoms with Crippen LogP contribution in [-0.4, -0.2) is 41.2 Å². The Morgan fingerprint density at radius 3 is 2.62 bits per heavy atom. The zero-order valence-electron chi connectivity index (χ0n) is 17.6. The summed E-state index contributed by atoms with van der Waals surface area (Å²) in [5, 5.41) is 2.13. The molecule has 0 unspecified atom stereocenters. The predicted octanol–water partition coefficient (Wildman–Crippen LogP) is 4.43. The van der Waals surface area contributed by atoms with Crippen molar-refractivity contribution in [2.75, 3.05) is 19.6 Å². The van der Waals surface area contributed by atoms with Gasteiger partial charge in [0.05, 0.1) is 12.6 Å². The van der Waals surface area contributed by atoms with Crippen LogP contribution in [0.1, 0.15) is 54.3 Å². The summed E-state index contributed by atoms with van der Waals surface area (Å²) in [7, 11) is 0. The minimum absolute atomic E-state index is 0.0596. The van der Waals surface area contributed by atoms with Crippen LogP contribution in [0.25, 0.3) is 0 Å². The molecule has 1 aliphatic heterocycles. The number of aryl methyl sites for hydroxylation is 1. The van der Waals surface area contributed by atoms with Gasteiger partial charge in [-0.25, -0.2) is 0 Å². The Bertz CT molecular complexity index is 900. The Hall–Kier alpha value is -2.14. The third-order valence-electron chi connectivity index (χ3n) is 6.08. The molecule has 2 aromatic rings. The van der Waals surface area contributed by atoms with Crippen LogP contribution < -0.4 is 0 Å². The maximum absolute atomic E-state index is 13.5. The molecule has 29 heavy (non-hydrogen) atoms. The average Bonchev–Trinajstić information content (AvgIpc) is 3.39. The highest BCUT2D eigenvalue weighted by atomic mass is 32.1. The lowest BCUT2D eigenvalue weighted by molar-refractivity contribution is -0.143. The monoisotopic (exact) mass is 410 g/mol. The van der Waals surface area contributed by atoms with Crippen LogP contribution in [0.2, 0.25) is 0 Å². The second-order valence-corrected chi connectivity index (χ2v) is 9.71. The minimum atomic E-state index is -0.0847. The van der Waals surface area contributed by atoms with Gasteiger partial charge >= 0.3 is 0 Å². The molecule has 0 radical (unpaired) electrons. The summed E-state index contributed by atoms with van der Waals surface area (Å²) in [4.78, 5) is 31.4. The van der Waals surface area contributed by atoms with Crippen molar-refractivity contribution in [1.29, 1.82) is 0 Å². The molecule has 4 nitrogen and oxygen atoms in total. The Labute approximate surface area is 177 Å². The Morgan fingerprint density at radius 2 is 1.93 bits per heavy atom. The number of nitrogens with zero attached hydrogens (tertiary/aromatic N) is 2. The van der Waals surface area contributed by atoms with Gasteiger partial charge in [0.25, 0.3) is 0 Å². The van der Waals surface area contributed by atoms with E-state index in [0.29, 0.717) is 12.5 Å². The molecule has 0 N–H and O–H groups in total. The molecule has 2 amide bonds. The fourth-order valence-corrected chi connectivity index (χ4v) is 5.18. The average molecular weight is 411 g/mol. The van der Waals surface area contributed by atoms with Gasteiger partial charge in [-0.3, -0.25) is 9.59 Å². The standard InChI is InChI=1S/C24H30N2O2S/c1-16(2)24(28)25(14-18-8-9-18)15-22(27)26-12-10-21-20(11-13-29-21)23(26)19-7-5-4-6-17(19)3/h4-7,11,13,16,18,23H,8-10,12,14-15H2,1-3H3/t23-/m0/s1. The third-order valence-corrected chi connectivity index (χ3v) is 7.07. The van der Waals surface area contributed by atoms with Gasteiger partial charge in [-0.2, -0.15) is 0 Å². The first-order valence-electron chi connectivity index (χ1n) is 10.7. The maximum atomic E-state index is 13.5. The highest BCUT2D eigenvalue weighted by Gasteiger charge is 2.36. The molecule has 2 heterocycles. The van der Waals surface area contributed by atoms with E-state index in [2.05, 4.69) is 30.5 Å². The third kappa shape index (κ3) is 4.25. The predicted molar refractivity (Wildman–Crippen MR) is 117 cm³/mol. The molecular weight excluding hydrogens is 380 g/mol. The van der Waals surface area contributed by atoms with Crippen molar-refractivity contribution in [1.82, 2.24) is 9.80 Å². The summed E-state index contributed by atoms with van der Waals surface area (Å²) in [6, 6.07) is 10.4. The van der Waals surface area contributed by atoms with Crippen molar-refractivity contribution in [2.24, 2.45) is 11.8 Å². The number of carbonyl (C=O) groups is 2. The number of fused-ring (bicyclic) bond motifs is 1. The SMILES string of the molecule is Cc1ccccc1[C@H]1c2ccsc2CCN1C(=O)CN(CC1CC1)C(=O)C(C)C. The number of carbonyl (C=O) groups excluding carboxylic acids is 2. The van der Waals surface area contributed by atoms with E-state index in [1.807, 2.05) is 35.8 Å². The number of hydrogen-bond donors (Lipinski definition) is 0. The van der Waals surface area contributed by atoms with E-state index in [9.17, 15) is 9.59 Å². The normalized spacial score (nSPS) is 18.6. The van der Waals surface area contributed by atoms with Gasteiger partial charge in [-0.15, -0.1) is 11.3 Å². The number of thiophene rings is 1. The van der Waals surface area contributed by atoms with Crippen LogP contribution in [0, 0.1) is 18.8 Å². The van der Waals surface area contributed by atoms with Gasteiger partial charge in [-0.05, 0) is 60.2 Å². The molecule has 0 bridgehead atoms. The molecule has 0 saturated heterocycles. The molecule has 154 valence electrons. The Balaban J connectivity index is 1.62. The molecule has 1 fully saturated rings. The molecule has 4 rings (SSSR count). The van der Waals surface area contributed by atoms with Crippen molar-refractivity contribution in [2.45, 2.75) is 46.1 Å². The highest BCUT2D eigenvalue weighted by molar-refractivity contribution is 7.10. The van der Waals surface area contributed by atoms with Crippen molar-refractivity contribution < 1.29 is 9.59 Å². The molecule has 1 atom stereocenters. The summed E-state index contributed by atoms with van der Waals surface area (Å²) in [5.41, 5.74) is 3.62. The first kappa shape index (κ1) is 20.1. The summed E-state index contributed by atoms with van der Waals surface area (Å²) in [6.45, 7) is 7.56. The zero-order valence-corrected chi connectivity index (χ0v) is 18.4. The molecule has 0 spiro atoms. The van der Waals surface area contributed by atoms with E-state index in [-0.39, 0.29) is 30.3 Å². The fraction of sp³-hybridized carbons (Fsp3) is 0.500. The second-order valence-electron chi connectivity index (χ2n) is 8.71. The summed E-state index contributed by atoms with van der Waals surface area (Å²) < 4.78 is 0. The van der Waals surface area contributed by atoms with Gasteiger partial charge in [0, 0.05) is 23.9 Å². The zero-order chi connectivity index (χ0) is 20.5. The fourth-order valence-electron chi connectivity index (χ4n) is 4.28. The quantitative estimate of drug-likeness (QED) is 0.707. The van der Waals surface area contributed by atoms with E-state index >= 15 is 0 Å². The molecule has 1 aromatic heterocycles. The highest BCUT2D eigenvalue weighted by Crippen LogP contribution is 2.39. The molecule has 2 aliphatic rings. The van der Waals surface area contributed by atoms with Gasteiger partial charge in [-0.1, -0.05) is 38.1 Å². The summed E-state index contributed by atoms with van der Waals surface area (Å²) in [5.74, 6) is 0.636. The van der Waals surface area contributed by atoms with Crippen LogP contribution >= 0.6 is 11.3 Å². The molecular formula is C24H30N2O2S. The minimum Gasteiger partial charge on any atom is -0.333 e.